The quantitative estimate of drug-likeness (QED) is 0.784. The van der Waals surface area contributed by atoms with Gasteiger partial charge in [-0.15, -0.1) is 0 Å². The first-order valence-electron chi connectivity index (χ1n) is 6.35. The number of aliphatic hydroxyl groups is 1. The van der Waals surface area contributed by atoms with E-state index in [0.29, 0.717) is 19.0 Å². The van der Waals surface area contributed by atoms with Gasteiger partial charge < -0.3 is 15.2 Å². The summed E-state index contributed by atoms with van der Waals surface area (Å²) in [6.45, 7) is 2.44. The number of anilines is 1. The predicted molar refractivity (Wildman–Crippen MR) is 77.6 cm³/mol. The normalized spacial score (nSPS) is 13.9. The van der Waals surface area contributed by atoms with Crippen molar-refractivity contribution in [2.75, 3.05) is 25.6 Å². The van der Waals surface area contributed by atoms with Gasteiger partial charge in [0.2, 0.25) is 17.2 Å². The van der Waals surface area contributed by atoms with Crippen molar-refractivity contribution in [3.05, 3.63) is 24.0 Å². The number of ether oxygens (including phenoxy) is 1. The van der Waals surface area contributed by atoms with Crippen LogP contribution in [0.15, 0.2) is 18.7 Å². The molecular formula is C12H17ClN6O2. The molecule has 0 bridgehead atoms. The van der Waals surface area contributed by atoms with Crippen LogP contribution in [0.1, 0.15) is 13.3 Å². The maximum absolute atomic E-state index is 10.2. The Kier molecular flexibility index (Phi) is 5.05. The van der Waals surface area contributed by atoms with Crippen LogP contribution in [0.25, 0.3) is 5.95 Å². The maximum Gasteiger partial charge on any atom is 0.241 e. The van der Waals surface area contributed by atoms with Gasteiger partial charge in [-0.25, -0.2) is 4.98 Å². The van der Waals surface area contributed by atoms with E-state index in [1.54, 1.807) is 37.3 Å². The lowest BCUT2D eigenvalue weighted by Crippen LogP contribution is -2.35. The summed E-state index contributed by atoms with van der Waals surface area (Å²) < 4.78 is 6.57. The highest BCUT2D eigenvalue weighted by Gasteiger charge is 2.20. The van der Waals surface area contributed by atoms with Crippen LogP contribution in [0.4, 0.5) is 5.95 Å². The lowest BCUT2D eigenvalue weighted by molar-refractivity contribution is 0.0356. The summed E-state index contributed by atoms with van der Waals surface area (Å²) in [6, 6.07) is 0. The molecule has 2 aromatic rings. The summed E-state index contributed by atoms with van der Waals surface area (Å²) in [7, 11) is 1.59. The molecule has 21 heavy (non-hydrogen) atoms. The molecule has 0 saturated carbocycles. The zero-order chi connectivity index (χ0) is 15.3. The molecule has 2 rings (SSSR count). The molecule has 0 aliphatic carbocycles. The number of halogens is 1. The van der Waals surface area contributed by atoms with Gasteiger partial charge in [0.05, 0.1) is 5.60 Å². The second-order valence-corrected chi connectivity index (χ2v) is 5.13. The molecule has 0 amide bonds. The second-order valence-electron chi connectivity index (χ2n) is 4.79. The zero-order valence-corrected chi connectivity index (χ0v) is 12.6. The van der Waals surface area contributed by atoms with E-state index in [0.717, 1.165) is 0 Å². The van der Waals surface area contributed by atoms with E-state index in [1.165, 1.54) is 0 Å². The Morgan fingerprint density at radius 2 is 2.24 bits per heavy atom. The molecule has 0 spiro atoms. The number of hydrogen-bond acceptors (Lipinski definition) is 7. The van der Waals surface area contributed by atoms with Crippen molar-refractivity contribution in [1.82, 2.24) is 24.5 Å². The smallest absolute Gasteiger partial charge is 0.241 e. The third-order valence-electron chi connectivity index (χ3n) is 2.80. The molecule has 0 aromatic carbocycles. The minimum Gasteiger partial charge on any atom is -0.388 e. The van der Waals surface area contributed by atoms with Gasteiger partial charge in [-0.2, -0.15) is 15.0 Å². The summed E-state index contributed by atoms with van der Waals surface area (Å²) >= 11 is 5.88. The molecule has 1 unspecified atom stereocenters. The minimum absolute atomic E-state index is 0.0627. The topological polar surface area (TPSA) is 98.0 Å². The highest BCUT2D eigenvalue weighted by atomic mass is 35.5. The summed E-state index contributed by atoms with van der Waals surface area (Å²) in [5.41, 5.74) is -0.940. The SMILES string of the molecule is COCCC(C)(O)CNc1nc(Cl)nc(-n2ccnc2)n1. The van der Waals surface area contributed by atoms with Gasteiger partial charge in [-0.3, -0.25) is 4.57 Å². The molecule has 114 valence electrons. The molecule has 1 atom stereocenters. The Morgan fingerprint density at radius 3 is 2.90 bits per heavy atom. The van der Waals surface area contributed by atoms with E-state index < -0.39 is 5.60 Å². The molecule has 2 N–H and O–H groups in total. The van der Waals surface area contributed by atoms with Crippen molar-refractivity contribution < 1.29 is 9.84 Å². The number of hydrogen-bond donors (Lipinski definition) is 2. The van der Waals surface area contributed by atoms with Gasteiger partial charge >= 0.3 is 0 Å². The van der Waals surface area contributed by atoms with Crippen molar-refractivity contribution in [1.29, 1.82) is 0 Å². The molecule has 0 radical (unpaired) electrons. The van der Waals surface area contributed by atoms with E-state index >= 15 is 0 Å². The monoisotopic (exact) mass is 312 g/mol. The molecule has 9 heteroatoms. The average Bonchev–Trinajstić information content (AvgIpc) is 2.97. The van der Waals surface area contributed by atoms with Crippen molar-refractivity contribution in [2.24, 2.45) is 0 Å². The van der Waals surface area contributed by atoms with Gasteiger partial charge in [0.1, 0.15) is 6.33 Å². The Bertz CT molecular complexity index is 575. The van der Waals surface area contributed by atoms with E-state index in [-0.39, 0.29) is 17.8 Å². The van der Waals surface area contributed by atoms with Crippen molar-refractivity contribution >= 4 is 17.5 Å². The van der Waals surface area contributed by atoms with E-state index in [4.69, 9.17) is 16.3 Å². The predicted octanol–water partition coefficient (Wildman–Crippen LogP) is 0.910. The molecule has 0 aliphatic heterocycles. The number of rotatable bonds is 7. The number of nitrogens with one attached hydrogen (secondary N) is 1. The number of methoxy groups -OCH3 is 1. The van der Waals surface area contributed by atoms with Crippen LogP contribution in [-0.2, 0) is 4.74 Å². The first-order chi connectivity index (χ1) is 10.00. The van der Waals surface area contributed by atoms with E-state index in [2.05, 4.69) is 25.3 Å². The van der Waals surface area contributed by atoms with E-state index in [9.17, 15) is 5.11 Å². The van der Waals surface area contributed by atoms with Crippen molar-refractivity contribution in [2.45, 2.75) is 18.9 Å². The number of imidazole rings is 1. The van der Waals surface area contributed by atoms with E-state index in [1.807, 2.05) is 0 Å². The van der Waals surface area contributed by atoms with Gasteiger partial charge in [0, 0.05) is 39.1 Å². The van der Waals surface area contributed by atoms with Crippen molar-refractivity contribution in [3.63, 3.8) is 0 Å². The second kappa shape index (κ2) is 6.79. The van der Waals surface area contributed by atoms with Gasteiger partial charge in [0.25, 0.3) is 0 Å². The average molecular weight is 313 g/mol. The van der Waals surface area contributed by atoms with Crippen LogP contribution in [0, 0.1) is 0 Å². The fraction of sp³-hybridized carbons (Fsp3) is 0.500. The Morgan fingerprint density at radius 1 is 1.43 bits per heavy atom. The van der Waals surface area contributed by atoms with Crippen molar-refractivity contribution in [3.8, 4) is 5.95 Å². The third kappa shape index (κ3) is 4.62. The standard InChI is InChI=1S/C12H17ClN6O2/c1-12(20,3-6-21-2)7-15-10-16-9(13)17-11(18-10)19-5-4-14-8-19/h4-5,8,20H,3,6-7H2,1-2H3,(H,15,16,17,18). The Hall–Kier alpha value is -1.77. The molecule has 2 aromatic heterocycles. The van der Waals surface area contributed by atoms with Crippen LogP contribution >= 0.6 is 11.6 Å². The molecule has 2 heterocycles. The maximum atomic E-state index is 10.2. The van der Waals surface area contributed by atoms with Crippen LogP contribution in [-0.4, -0.2) is 55.5 Å². The molecular weight excluding hydrogens is 296 g/mol. The lowest BCUT2D eigenvalue weighted by atomic mass is 10.0. The van der Waals surface area contributed by atoms with Crippen LogP contribution in [0.2, 0.25) is 5.28 Å². The highest BCUT2D eigenvalue weighted by molar-refractivity contribution is 6.28. The largest absolute Gasteiger partial charge is 0.388 e. The van der Waals surface area contributed by atoms with Crippen LogP contribution in [0.3, 0.4) is 0 Å². The third-order valence-corrected chi connectivity index (χ3v) is 2.97. The van der Waals surface area contributed by atoms with Gasteiger partial charge in [0.15, 0.2) is 0 Å². The first kappa shape index (κ1) is 15.6. The Balaban J connectivity index is 2.07. The fourth-order valence-electron chi connectivity index (χ4n) is 1.59. The first-order valence-corrected chi connectivity index (χ1v) is 6.73. The summed E-state index contributed by atoms with van der Waals surface area (Å²) in [5, 5.41) is 13.2. The minimum atomic E-state index is -0.940. The Labute approximate surface area is 127 Å². The molecule has 8 nitrogen and oxygen atoms in total. The lowest BCUT2D eigenvalue weighted by Gasteiger charge is -2.23. The molecule has 0 saturated heterocycles. The summed E-state index contributed by atoms with van der Waals surface area (Å²) in [4.78, 5) is 16.1. The number of nitrogens with zero attached hydrogens (tertiary/aromatic N) is 5. The van der Waals surface area contributed by atoms with Crippen LogP contribution in [0.5, 0.6) is 0 Å². The highest BCUT2D eigenvalue weighted by Crippen LogP contribution is 2.13. The van der Waals surface area contributed by atoms with Crippen LogP contribution < -0.4 is 5.32 Å². The fourth-order valence-corrected chi connectivity index (χ4v) is 1.75. The van der Waals surface area contributed by atoms with Gasteiger partial charge in [-0.05, 0) is 18.5 Å². The zero-order valence-electron chi connectivity index (χ0n) is 11.8. The van der Waals surface area contributed by atoms with Gasteiger partial charge in [-0.1, -0.05) is 0 Å². The molecule has 0 fully saturated rings. The number of aromatic nitrogens is 5. The summed E-state index contributed by atoms with van der Waals surface area (Å²) in [5.74, 6) is 0.642. The summed E-state index contributed by atoms with van der Waals surface area (Å²) in [6.07, 6.45) is 5.36. The molecule has 0 aliphatic rings.